The Bertz CT molecular complexity index is 137. The van der Waals surface area contributed by atoms with Crippen LogP contribution < -0.4 is 11.2 Å². The summed E-state index contributed by atoms with van der Waals surface area (Å²) in [5, 5.41) is 4.34. The van der Waals surface area contributed by atoms with Crippen molar-refractivity contribution < 1.29 is 0 Å². The van der Waals surface area contributed by atoms with Crippen molar-refractivity contribution in [3.05, 3.63) is 0 Å². The molecule has 1 saturated heterocycles. The van der Waals surface area contributed by atoms with Crippen LogP contribution in [0.2, 0.25) is 0 Å². The van der Waals surface area contributed by atoms with Crippen molar-refractivity contribution in [1.29, 1.82) is 0 Å². The van der Waals surface area contributed by atoms with Gasteiger partial charge in [0.1, 0.15) is 0 Å². The van der Waals surface area contributed by atoms with Gasteiger partial charge in [-0.1, -0.05) is 6.92 Å². The van der Waals surface area contributed by atoms with E-state index in [1.54, 1.807) is 0 Å². The Kier molecular flexibility index (Phi) is 3.46. The van der Waals surface area contributed by atoms with Crippen molar-refractivity contribution in [3.8, 4) is 0 Å². The number of nitrogens with zero attached hydrogens (tertiary/aromatic N) is 2. The van der Waals surface area contributed by atoms with Crippen molar-refractivity contribution in [2.24, 2.45) is 5.73 Å². The number of nitrogens with two attached hydrogens (primary N) is 1. The second-order valence-corrected chi connectivity index (χ2v) is 3.56. The van der Waals surface area contributed by atoms with Crippen molar-refractivity contribution in [2.45, 2.75) is 32.4 Å². The van der Waals surface area contributed by atoms with Crippen LogP contribution >= 0.6 is 0 Å². The molecule has 0 aliphatic carbocycles. The number of rotatable bonds is 3. The number of likely N-dealkylation sites (N-methyl/N-ethyl adjacent to an activating group) is 1. The first-order valence-corrected chi connectivity index (χ1v) is 4.65. The van der Waals surface area contributed by atoms with Crippen molar-refractivity contribution in [3.63, 3.8) is 0 Å². The molecule has 0 aromatic rings. The number of nitrogens with one attached hydrogen (secondary N) is 1. The predicted octanol–water partition coefficient (Wildman–Crippen LogP) is -0.221. The fourth-order valence-electron chi connectivity index (χ4n) is 1.44. The Morgan fingerprint density at radius 2 is 2.33 bits per heavy atom. The van der Waals surface area contributed by atoms with Crippen molar-refractivity contribution >= 4 is 0 Å². The van der Waals surface area contributed by atoms with Gasteiger partial charge in [0.2, 0.25) is 0 Å². The van der Waals surface area contributed by atoms with Gasteiger partial charge in [-0.3, -0.25) is 0 Å². The van der Waals surface area contributed by atoms with E-state index < -0.39 is 0 Å². The second-order valence-electron chi connectivity index (χ2n) is 3.56. The van der Waals surface area contributed by atoms with Gasteiger partial charge in [0.25, 0.3) is 0 Å². The van der Waals surface area contributed by atoms with E-state index in [-0.39, 0.29) is 6.04 Å². The molecule has 0 spiro atoms. The molecule has 2 unspecified atom stereocenters. The summed E-state index contributed by atoms with van der Waals surface area (Å²) in [6.07, 6.45) is 1.16. The lowest BCUT2D eigenvalue weighted by atomic mass is 10.2. The third-order valence-corrected chi connectivity index (χ3v) is 2.26. The summed E-state index contributed by atoms with van der Waals surface area (Å²) in [4.78, 5) is 0. The third kappa shape index (κ3) is 2.17. The first-order valence-electron chi connectivity index (χ1n) is 4.65. The van der Waals surface area contributed by atoms with E-state index in [4.69, 9.17) is 5.73 Å². The molecule has 1 rings (SSSR count). The Morgan fingerprint density at radius 3 is 2.75 bits per heavy atom. The summed E-state index contributed by atoms with van der Waals surface area (Å²) in [5.41, 5.74) is 9.18. The van der Waals surface area contributed by atoms with Crippen LogP contribution in [0.3, 0.4) is 0 Å². The maximum Gasteiger partial charge on any atom is 0.0518 e. The number of hydrazine groups is 2. The maximum atomic E-state index is 5.80. The molecule has 1 aliphatic heterocycles. The molecule has 72 valence electrons. The number of hydrogen-bond acceptors (Lipinski definition) is 4. The zero-order chi connectivity index (χ0) is 9.14. The average molecular weight is 172 g/mol. The average Bonchev–Trinajstić information content (AvgIpc) is 2.34. The zero-order valence-corrected chi connectivity index (χ0v) is 8.25. The zero-order valence-electron chi connectivity index (χ0n) is 8.25. The van der Waals surface area contributed by atoms with Gasteiger partial charge in [-0.05, 0) is 13.3 Å². The smallest absolute Gasteiger partial charge is 0.0518 e. The number of hydrogen-bond donors (Lipinski definition) is 2. The maximum absolute atomic E-state index is 5.80. The fourth-order valence-corrected chi connectivity index (χ4v) is 1.44. The SMILES string of the molecule is CCCN1NC(C(C)N)CN1C. The van der Waals surface area contributed by atoms with Gasteiger partial charge in [-0.2, -0.15) is 5.12 Å². The minimum absolute atomic E-state index is 0.217. The van der Waals surface area contributed by atoms with E-state index >= 15 is 0 Å². The molecule has 4 nitrogen and oxygen atoms in total. The Morgan fingerprint density at radius 1 is 1.67 bits per heavy atom. The standard InChI is InChI=1S/C8H20N4/c1-4-5-12-10-8(7(2)9)6-11(12)3/h7-8,10H,4-6,9H2,1-3H3. The van der Waals surface area contributed by atoms with Crippen molar-refractivity contribution in [1.82, 2.24) is 15.6 Å². The Balaban J connectivity index is 2.39. The van der Waals surface area contributed by atoms with Gasteiger partial charge in [-0.25, -0.2) is 10.4 Å². The molecular weight excluding hydrogens is 152 g/mol. The van der Waals surface area contributed by atoms with E-state index in [1.165, 1.54) is 0 Å². The van der Waals surface area contributed by atoms with Crippen LogP contribution in [0.4, 0.5) is 0 Å². The van der Waals surface area contributed by atoms with Gasteiger partial charge < -0.3 is 5.73 Å². The molecule has 1 heterocycles. The van der Waals surface area contributed by atoms with E-state index in [0.717, 1.165) is 19.5 Å². The quantitative estimate of drug-likeness (QED) is 0.618. The predicted molar refractivity (Wildman–Crippen MR) is 50.2 cm³/mol. The highest BCUT2D eigenvalue weighted by atomic mass is 15.8. The van der Waals surface area contributed by atoms with Gasteiger partial charge in [-0.15, -0.1) is 0 Å². The lowest BCUT2D eigenvalue weighted by molar-refractivity contribution is 0.0119. The molecule has 0 amide bonds. The first-order chi connectivity index (χ1) is 5.65. The molecule has 0 saturated carbocycles. The highest BCUT2D eigenvalue weighted by molar-refractivity contribution is 4.81. The van der Waals surface area contributed by atoms with Gasteiger partial charge >= 0.3 is 0 Å². The highest BCUT2D eigenvalue weighted by Crippen LogP contribution is 2.06. The van der Waals surface area contributed by atoms with E-state index in [0.29, 0.717) is 6.04 Å². The molecular formula is C8H20N4. The molecule has 1 aliphatic rings. The normalized spacial score (nSPS) is 29.5. The van der Waals surface area contributed by atoms with Gasteiger partial charge in [0.05, 0.1) is 6.04 Å². The molecule has 0 aromatic carbocycles. The van der Waals surface area contributed by atoms with Crippen molar-refractivity contribution in [2.75, 3.05) is 20.1 Å². The molecule has 0 radical (unpaired) electrons. The van der Waals surface area contributed by atoms with Gasteiger partial charge in [0.15, 0.2) is 0 Å². The minimum atomic E-state index is 0.217. The summed E-state index contributed by atoms with van der Waals surface area (Å²) in [6, 6.07) is 0.621. The summed E-state index contributed by atoms with van der Waals surface area (Å²) in [7, 11) is 2.09. The Hall–Kier alpha value is -0.160. The van der Waals surface area contributed by atoms with Crippen LogP contribution in [0.1, 0.15) is 20.3 Å². The monoisotopic (exact) mass is 172 g/mol. The largest absolute Gasteiger partial charge is 0.326 e. The molecule has 4 heteroatoms. The Labute approximate surface area is 74.6 Å². The second kappa shape index (κ2) is 4.18. The van der Waals surface area contributed by atoms with E-state index in [2.05, 4.69) is 29.5 Å². The van der Waals surface area contributed by atoms with E-state index in [1.807, 2.05) is 6.92 Å². The summed E-state index contributed by atoms with van der Waals surface area (Å²) in [5.74, 6) is 0. The first kappa shape index (κ1) is 9.92. The summed E-state index contributed by atoms with van der Waals surface area (Å²) >= 11 is 0. The minimum Gasteiger partial charge on any atom is -0.326 e. The molecule has 1 fully saturated rings. The van der Waals surface area contributed by atoms with Crippen LogP contribution in [0.5, 0.6) is 0 Å². The van der Waals surface area contributed by atoms with Crippen LogP contribution in [-0.2, 0) is 0 Å². The fraction of sp³-hybridized carbons (Fsp3) is 1.00. The molecule has 3 N–H and O–H groups in total. The van der Waals surface area contributed by atoms with Crippen LogP contribution in [-0.4, -0.2) is 42.3 Å². The highest BCUT2D eigenvalue weighted by Gasteiger charge is 2.27. The van der Waals surface area contributed by atoms with Crippen LogP contribution in [0, 0.1) is 0 Å². The lowest BCUT2D eigenvalue weighted by Crippen LogP contribution is -2.46. The molecule has 2 atom stereocenters. The lowest BCUT2D eigenvalue weighted by Gasteiger charge is -2.22. The summed E-state index contributed by atoms with van der Waals surface area (Å²) < 4.78 is 0. The topological polar surface area (TPSA) is 44.5 Å². The molecule has 12 heavy (non-hydrogen) atoms. The molecule has 0 aromatic heterocycles. The van der Waals surface area contributed by atoms with Gasteiger partial charge in [0, 0.05) is 26.2 Å². The van der Waals surface area contributed by atoms with E-state index in [9.17, 15) is 0 Å². The third-order valence-electron chi connectivity index (χ3n) is 2.26. The van der Waals surface area contributed by atoms with Crippen LogP contribution in [0.25, 0.3) is 0 Å². The summed E-state index contributed by atoms with van der Waals surface area (Å²) in [6.45, 7) is 6.28. The van der Waals surface area contributed by atoms with Crippen LogP contribution in [0.15, 0.2) is 0 Å². The molecule has 0 bridgehead atoms.